The van der Waals surface area contributed by atoms with Gasteiger partial charge in [0.05, 0.1) is 0 Å². The Hall–Kier alpha value is -0.480. The lowest BCUT2D eigenvalue weighted by molar-refractivity contribution is 0.425. The van der Waals surface area contributed by atoms with Crippen molar-refractivity contribution >= 4 is 0 Å². The molecule has 1 aliphatic carbocycles. The maximum absolute atomic E-state index is 5.23. The van der Waals surface area contributed by atoms with E-state index >= 15 is 0 Å². The SMILES string of the molecule is C#CCCCNC1CCCC(CC)CC1. The summed E-state index contributed by atoms with van der Waals surface area (Å²) >= 11 is 0. The molecule has 0 radical (unpaired) electrons. The molecule has 0 bridgehead atoms. The first-order valence-corrected chi connectivity index (χ1v) is 6.53. The molecule has 1 fully saturated rings. The summed E-state index contributed by atoms with van der Waals surface area (Å²) < 4.78 is 0. The zero-order valence-electron chi connectivity index (χ0n) is 10.1. The molecule has 0 amide bonds. The molecule has 1 nitrogen and oxygen atoms in total. The molecule has 0 aromatic carbocycles. The summed E-state index contributed by atoms with van der Waals surface area (Å²) in [7, 11) is 0. The molecule has 2 unspecified atom stereocenters. The van der Waals surface area contributed by atoms with E-state index in [9.17, 15) is 0 Å². The van der Waals surface area contributed by atoms with Gasteiger partial charge in [-0.15, -0.1) is 12.3 Å². The average Bonchev–Trinajstić information content (AvgIpc) is 2.49. The molecular formula is C14H25N. The molecule has 86 valence electrons. The standard InChI is InChI=1S/C14H25N/c1-3-5-6-12-15-14-9-7-8-13(4-2)10-11-14/h1,13-15H,4-12H2,2H3. The Morgan fingerprint density at radius 3 is 2.87 bits per heavy atom. The largest absolute Gasteiger partial charge is 0.314 e. The van der Waals surface area contributed by atoms with Crippen LogP contribution in [-0.4, -0.2) is 12.6 Å². The Labute approximate surface area is 95.0 Å². The van der Waals surface area contributed by atoms with E-state index < -0.39 is 0 Å². The lowest BCUT2D eigenvalue weighted by atomic mass is 9.98. The Morgan fingerprint density at radius 2 is 2.13 bits per heavy atom. The van der Waals surface area contributed by atoms with E-state index in [1.807, 2.05) is 0 Å². The Bertz CT molecular complexity index is 192. The third kappa shape index (κ3) is 5.23. The maximum atomic E-state index is 5.23. The van der Waals surface area contributed by atoms with Crippen LogP contribution in [-0.2, 0) is 0 Å². The van der Waals surface area contributed by atoms with Crippen molar-refractivity contribution in [3.8, 4) is 12.3 Å². The van der Waals surface area contributed by atoms with Crippen LogP contribution in [0.4, 0.5) is 0 Å². The predicted molar refractivity (Wildman–Crippen MR) is 66.7 cm³/mol. The highest BCUT2D eigenvalue weighted by atomic mass is 14.9. The molecule has 1 heteroatoms. The van der Waals surface area contributed by atoms with Crippen LogP contribution in [0, 0.1) is 18.3 Å². The first-order chi connectivity index (χ1) is 7.36. The van der Waals surface area contributed by atoms with Gasteiger partial charge in [0.15, 0.2) is 0 Å². The molecule has 0 saturated heterocycles. The highest BCUT2D eigenvalue weighted by Gasteiger charge is 2.16. The number of nitrogens with one attached hydrogen (secondary N) is 1. The van der Waals surface area contributed by atoms with E-state index in [1.165, 1.54) is 38.5 Å². The van der Waals surface area contributed by atoms with Gasteiger partial charge in [-0.1, -0.05) is 26.2 Å². The van der Waals surface area contributed by atoms with Crippen molar-refractivity contribution in [3.05, 3.63) is 0 Å². The fraction of sp³-hybridized carbons (Fsp3) is 0.857. The van der Waals surface area contributed by atoms with Crippen molar-refractivity contribution in [2.75, 3.05) is 6.54 Å². The van der Waals surface area contributed by atoms with E-state index in [1.54, 1.807) is 0 Å². The first kappa shape index (κ1) is 12.6. The second-order valence-corrected chi connectivity index (χ2v) is 4.74. The summed E-state index contributed by atoms with van der Waals surface area (Å²) in [6.07, 6.45) is 15.6. The summed E-state index contributed by atoms with van der Waals surface area (Å²) in [5.41, 5.74) is 0. The van der Waals surface area contributed by atoms with Gasteiger partial charge >= 0.3 is 0 Å². The quantitative estimate of drug-likeness (QED) is 0.414. The van der Waals surface area contributed by atoms with Crippen LogP contribution in [0.15, 0.2) is 0 Å². The molecule has 0 aromatic rings. The van der Waals surface area contributed by atoms with Gasteiger partial charge in [0, 0.05) is 12.5 Å². The fourth-order valence-corrected chi connectivity index (χ4v) is 2.49. The molecular weight excluding hydrogens is 182 g/mol. The third-order valence-electron chi connectivity index (χ3n) is 3.60. The minimum atomic E-state index is 0.763. The van der Waals surface area contributed by atoms with Crippen molar-refractivity contribution in [2.24, 2.45) is 5.92 Å². The van der Waals surface area contributed by atoms with Crippen LogP contribution in [0.1, 0.15) is 58.3 Å². The highest BCUT2D eigenvalue weighted by molar-refractivity contribution is 4.83. The van der Waals surface area contributed by atoms with Crippen molar-refractivity contribution < 1.29 is 0 Å². The number of unbranched alkanes of at least 4 members (excludes halogenated alkanes) is 1. The summed E-state index contributed by atoms with van der Waals surface area (Å²) in [6, 6.07) is 0.763. The number of rotatable bonds is 5. The summed E-state index contributed by atoms with van der Waals surface area (Å²) in [5, 5.41) is 3.65. The lowest BCUT2D eigenvalue weighted by Gasteiger charge is -2.16. The number of hydrogen-bond donors (Lipinski definition) is 1. The molecule has 0 heterocycles. The van der Waals surface area contributed by atoms with Gasteiger partial charge in [-0.25, -0.2) is 0 Å². The van der Waals surface area contributed by atoms with Crippen molar-refractivity contribution in [2.45, 2.75) is 64.3 Å². The molecule has 1 saturated carbocycles. The van der Waals surface area contributed by atoms with Crippen LogP contribution >= 0.6 is 0 Å². The van der Waals surface area contributed by atoms with Gasteiger partial charge in [-0.3, -0.25) is 0 Å². The minimum Gasteiger partial charge on any atom is -0.314 e. The van der Waals surface area contributed by atoms with Crippen molar-refractivity contribution in [1.29, 1.82) is 0 Å². The van der Waals surface area contributed by atoms with Gasteiger partial charge in [-0.05, 0) is 38.1 Å². The Kier molecular flexibility index (Phi) is 6.52. The van der Waals surface area contributed by atoms with E-state index in [2.05, 4.69) is 18.2 Å². The Morgan fingerprint density at radius 1 is 1.27 bits per heavy atom. The monoisotopic (exact) mass is 207 g/mol. The van der Waals surface area contributed by atoms with Gasteiger partial charge < -0.3 is 5.32 Å². The van der Waals surface area contributed by atoms with Gasteiger partial charge in [-0.2, -0.15) is 0 Å². The topological polar surface area (TPSA) is 12.0 Å². The smallest absolute Gasteiger partial charge is 0.00981 e. The molecule has 15 heavy (non-hydrogen) atoms. The van der Waals surface area contributed by atoms with Gasteiger partial charge in [0.1, 0.15) is 0 Å². The average molecular weight is 207 g/mol. The van der Waals surface area contributed by atoms with Gasteiger partial charge in [0.25, 0.3) is 0 Å². The second-order valence-electron chi connectivity index (χ2n) is 4.74. The second kappa shape index (κ2) is 7.77. The molecule has 1 rings (SSSR count). The van der Waals surface area contributed by atoms with Crippen molar-refractivity contribution in [3.63, 3.8) is 0 Å². The molecule has 1 aliphatic rings. The van der Waals surface area contributed by atoms with E-state index in [0.717, 1.165) is 31.3 Å². The zero-order chi connectivity index (χ0) is 10.9. The molecule has 0 spiro atoms. The summed E-state index contributed by atoms with van der Waals surface area (Å²) in [5.74, 6) is 3.68. The predicted octanol–water partition coefficient (Wildman–Crippen LogP) is 3.35. The molecule has 2 atom stereocenters. The minimum absolute atomic E-state index is 0.763. The number of terminal acetylenes is 1. The number of hydrogen-bond acceptors (Lipinski definition) is 1. The maximum Gasteiger partial charge on any atom is 0.00981 e. The van der Waals surface area contributed by atoms with Crippen LogP contribution < -0.4 is 5.32 Å². The molecule has 0 aromatic heterocycles. The van der Waals surface area contributed by atoms with Crippen LogP contribution in [0.25, 0.3) is 0 Å². The van der Waals surface area contributed by atoms with Crippen LogP contribution in [0.3, 0.4) is 0 Å². The Balaban J connectivity index is 2.12. The van der Waals surface area contributed by atoms with Crippen LogP contribution in [0.2, 0.25) is 0 Å². The fourth-order valence-electron chi connectivity index (χ4n) is 2.49. The highest BCUT2D eigenvalue weighted by Crippen LogP contribution is 2.25. The first-order valence-electron chi connectivity index (χ1n) is 6.53. The summed E-state index contributed by atoms with van der Waals surface area (Å²) in [6.45, 7) is 3.43. The lowest BCUT2D eigenvalue weighted by Crippen LogP contribution is -2.29. The molecule has 0 aliphatic heterocycles. The van der Waals surface area contributed by atoms with Crippen molar-refractivity contribution in [1.82, 2.24) is 5.32 Å². The van der Waals surface area contributed by atoms with Crippen LogP contribution in [0.5, 0.6) is 0 Å². The summed E-state index contributed by atoms with van der Waals surface area (Å²) in [4.78, 5) is 0. The normalized spacial score (nSPS) is 26.9. The van der Waals surface area contributed by atoms with Gasteiger partial charge in [0.2, 0.25) is 0 Å². The zero-order valence-corrected chi connectivity index (χ0v) is 10.1. The van der Waals surface area contributed by atoms with E-state index in [-0.39, 0.29) is 0 Å². The van der Waals surface area contributed by atoms with E-state index in [0.29, 0.717) is 0 Å². The van der Waals surface area contributed by atoms with E-state index in [4.69, 9.17) is 6.42 Å². The third-order valence-corrected chi connectivity index (χ3v) is 3.60. The molecule has 1 N–H and O–H groups in total.